The Morgan fingerprint density at radius 2 is 2.04 bits per heavy atom. The third-order valence-electron chi connectivity index (χ3n) is 4.47. The molecule has 2 aromatic carbocycles. The molecule has 1 amide bonds. The lowest BCUT2D eigenvalue weighted by molar-refractivity contribution is 0.0946. The van der Waals surface area contributed by atoms with Crippen molar-refractivity contribution in [2.45, 2.75) is 33.2 Å². The van der Waals surface area contributed by atoms with Gasteiger partial charge in [0, 0.05) is 34.5 Å². The van der Waals surface area contributed by atoms with Crippen LogP contribution in [-0.2, 0) is 6.54 Å². The fourth-order valence-corrected chi connectivity index (χ4v) is 3.70. The Labute approximate surface area is 163 Å². The van der Waals surface area contributed by atoms with Gasteiger partial charge in [-0.15, -0.1) is 0 Å². The number of aromatic nitrogens is 1. The number of benzene rings is 2. The van der Waals surface area contributed by atoms with E-state index in [0.717, 1.165) is 27.9 Å². The van der Waals surface area contributed by atoms with E-state index in [1.165, 1.54) is 18.9 Å². The second-order valence-electron chi connectivity index (χ2n) is 6.46. The van der Waals surface area contributed by atoms with E-state index in [1.54, 1.807) is 30.1 Å². The van der Waals surface area contributed by atoms with Gasteiger partial charge in [0.25, 0.3) is 5.91 Å². The third kappa shape index (κ3) is 4.63. The first-order chi connectivity index (χ1) is 13.1. The van der Waals surface area contributed by atoms with Crippen LogP contribution in [0.4, 0.5) is 10.1 Å². The number of anilines is 1. The molecular formula is C21H24FN3OS. The van der Waals surface area contributed by atoms with Gasteiger partial charge in [0.1, 0.15) is 11.5 Å². The number of H-pyrrole nitrogens is 1. The van der Waals surface area contributed by atoms with Gasteiger partial charge in [-0.1, -0.05) is 43.5 Å². The van der Waals surface area contributed by atoms with Crippen LogP contribution >= 0.6 is 11.9 Å². The highest BCUT2D eigenvalue weighted by Crippen LogP contribution is 2.26. The Kier molecular flexibility index (Phi) is 6.40. The molecule has 0 aliphatic heterocycles. The summed E-state index contributed by atoms with van der Waals surface area (Å²) in [6.45, 7) is 4.25. The Balaban J connectivity index is 1.71. The summed E-state index contributed by atoms with van der Waals surface area (Å²) in [6.07, 6.45) is 2.35. The number of nitrogens with one attached hydrogen (secondary N) is 3. The van der Waals surface area contributed by atoms with Gasteiger partial charge < -0.3 is 15.0 Å². The first-order valence-electron chi connectivity index (χ1n) is 9.12. The molecule has 0 saturated heterocycles. The molecule has 0 radical (unpaired) electrons. The highest BCUT2D eigenvalue weighted by atomic mass is 32.2. The zero-order valence-corrected chi connectivity index (χ0v) is 16.4. The normalized spacial score (nSPS) is 10.9. The van der Waals surface area contributed by atoms with Gasteiger partial charge in [-0.05, 0) is 43.2 Å². The number of fused-ring (bicyclic) bond motifs is 1. The molecule has 142 valence electrons. The van der Waals surface area contributed by atoms with Gasteiger partial charge >= 0.3 is 0 Å². The summed E-state index contributed by atoms with van der Waals surface area (Å²) in [5.74, 6) is 0.505. The van der Waals surface area contributed by atoms with Crippen LogP contribution in [0.25, 0.3) is 10.9 Å². The third-order valence-corrected chi connectivity index (χ3v) is 5.35. The Hall–Kier alpha value is -2.47. The van der Waals surface area contributed by atoms with Gasteiger partial charge in [0.05, 0.1) is 0 Å². The minimum absolute atomic E-state index is 0.154. The molecule has 0 fully saturated rings. The summed E-state index contributed by atoms with van der Waals surface area (Å²) in [7, 11) is 0. The van der Waals surface area contributed by atoms with E-state index in [2.05, 4.69) is 21.9 Å². The fraction of sp³-hybridized carbons (Fsp3) is 0.286. The predicted octanol–water partition coefficient (Wildman–Crippen LogP) is 5.41. The van der Waals surface area contributed by atoms with Crippen molar-refractivity contribution in [2.24, 2.45) is 0 Å². The molecule has 27 heavy (non-hydrogen) atoms. The lowest BCUT2D eigenvalue weighted by atomic mass is 10.1. The number of aromatic amines is 1. The van der Waals surface area contributed by atoms with Crippen molar-refractivity contribution in [3.05, 3.63) is 65.1 Å². The van der Waals surface area contributed by atoms with Crippen LogP contribution in [-0.4, -0.2) is 16.6 Å². The van der Waals surface area contributed by atoms with E-state index in [4.69, 9.17) is 0 Å². The number of hydrogen-bond donors (Lipinski definition) is 3. The molecule has 0 unspecified atom stereocenters. The lowest BCUT2D eigenvalue weighted by Crippen LogP contribution is -2.24. The standard InChI is InChI=1S/C21H24FN3OS/c1-3-4-11-27-25-16-9-10-19-17(12-16)14(2)20(24-19)21(26)23-13-15-7-5-6-8-18(15)22/h5-10,12,24-25H,3-4,11,13H2,1-2H3,(H,23,26). The maximum Gasteiger partial charge on any atom is 0.268 e. The first-order valence-corrected chi connectivity index (χ1v) is 10.1. The van der Waals surface area contributed by atoms with Crippen molar-refractivity contribution in [3.63, 3.8) is 0 Å². The quantitative estimate of drug-likeness (QED) is 0.359. The van der Waals surface area contributed by atoms with E-state index >= 15 is 0 Å². The Morgan fingerprint density at radius 3 is 2.81 bits per heavy atom. The number of amides is 1. The Bertz CT molecular complexity index is 938. The van der Waals surface area contributed by atoms with Gasteiger partial charge in [0.15, 0.2) is 0 Å². The van der Waals surface area contributed by atoms with E-state index in [-0.39, 0.29) is 18.3 Å². The maximum absolute atomic E-state index is 13.7. The van der Waals surface area contributed by atoms with Crippen molar-refractivity contribution in [2.75, 3.05) is 10.5 Å². The van der Waals surface area contributed by atoms with Crippen LogP contribution in [0.15, 0.2) is 42.5 Å². The molecular weight excluding hydrogens is 361 g/mol. The van der Waals surface area contributed by atoms with Gasteiger partial charge in [0.2, 0.25) is 0 Å². The number of carbonyl (C=O) groups is 1. The second-order valence-corrected chi connectivity index (χ2v) is 7.36. The average Bonchev–Trinajstić information content (AvgIpc) is 3.01. The minimum Gasteiger partial charge on any atom is -0.350 e. The minimum atomic E-state index is -0.317. The zero-order chi connectivity index (χ0) is 19.2. The number of rotatable bonds is 8. The van der Waals surface area contributed by atoms with E-state index < -0.39 is 0 Å². The molecule has 0 atom stereocenters. The molecule has 4 nitrogen and oxygen atoms in total. The van der Waals surface area contributed by atoms with Crippen molar-refractivity contribution >= 4 is 34.4 Å². The molecule has 1 aromatic heterocycles. The molecule has 0 bridgehead atoms. The smallest absolute Gasteiger partial charge is 0.268 e. The number of unbranched alkanes of at least 4 members (excludes halogenated alkanes) is 1. The number of carbonyl (C=O) groups excluding carboxylic acids is 1. The van der Waals surface area contributed by atoms with Crippen LogP contribution < -0.4 is 10.0 Å². The first kappa shape index (κ1) is 19.3. The number of hydrogen-bond acceptors (Lipinski definition) is 3. The molecule has 3 N–H and O–H groups in total. The van der Waals surface area contributed by atoms with Gasteiger partial charge in [-0.25, -0.2) is 4.39 Å². The number of halogens is 1. The number of aryl methyl sites for hydroxylation is 1. The zero-order valence-electron chi connectivity index (χ0n) is 15.6. The van der Waals surface area contributed by atoms with Gasteiger partial charge in [-0.3, -0.25) is 4.79 Å². The van der Waals surface area contributed by atoms with Crippen molar-refractivity contribution in [1.82, 2.24) is 10.3 Å². The molecule has 0 saturated carbocycles. The second kappa shape index (κ2) is 8.95. The highest BCUT2D eigenvalue weighted by Gasteiger charge is 2.15. The van der Waals surface area contributed by atoms with Crippen LogP contribution in [0.3, 0.4) is 0 Å². The summed E-state index contributed by atoms with van der Waals surface area (Å²) >= 11 is 1.69. The van der Waals surface area contributed by atoms with Crippen molar-refractivity contribution in [3.8, 4) is 0 Å². The van der Waals surface area contributed by atoms with Crippen LogP contribution in [0, 0.1) is 12.7 Å². The summed E-state index contributed by atoms with van der Waals surface area (Å²) in [6, 6.07) is 12.5. The van der Waals surface area contributed by atoms with Crippen molar-refractivity contribution in [1.29, 1.82) is 0 Å². The van der Waals surface area contributed by atoms with Gasteiger partial charge in [-0.2, -0.15) is 0 Å². The maximum atomic E-state index is 13.7. The topological polar surface area (TPSA) is 56.9 Å². The molecule has 6 heteroatoms. The van der Waals surface area contributed by atoms with Crippen LogP contribution in [0.1, 0.15) is 41.4 Å². The van der Waals surface area contributed by atoms with Crippen molar-refractivity contribution < 1.29 is 9.18 Å². The van der Waals surface area contributed by atoms with E-state index in [0.29, 0.717) is 11.3 Å². The summed E-state index contributed by atoms with van der Waals surface area (Å²) in [4.78, 5) is 15.7. The predicted molar refractivity (Wildman–Crippen MR) is 112 cm³/mol. The van der Waals surface area contributed by atoms with E-state index in [1.807, 2.05) is 25.1 Å². The van der Waals surface area contributed by atoms with Crippen LogP contribution in [0.5, 0.6) is 0 Å². The molecule has 1 heterocycles. The summed E-state index contributed by atoms with van der Waals surface area (Å²) in [5, 5.41) is 3.80. The highest BCUT2D eigenvalue weighted by molar-refractivity contribution is 8.00. The average molecular weight is 386 g/mol. The largest absolute Gasteiger partial charge is 0.350 e. The summed E-state index contributed by atoms with van der Waals surface area (Å²) < 4.78 is 17.1. The van der Waals surface area contributed by atoms with Crippen LogP contribution in [0.2, 0.25) is 0 Å². The molecule has 0 aliphatic rings. The summed E-state index contributed by atoms with van der Waals surface area (Å²) in [5.41, 5.74) is 3.79. The molecule has 3 rings (SSSR count). The molecule has 0 aliphatic carbocycles. The molecule has 0 spiro atoms. The Morgan fingerprint density at radius 1 is 1.22 bits per heavy atom. The monoisotopic (exact) mass is 385 g/mol. The fourth-order valence-electron chi connectivity index (χ4n) is 2.87. The SMILES string of the molecule is CCCCSNc1ccc2[nH]c(C(=O)NCc3ccccc3F)c(C)c2c1. The van der Waals surface area contributed by atoms with E-state index in [9.17, 15) is 9.18 Å². The molecule has 3 aromatic rings. The lowest BCUT2D eigenvalue weighted by Gasteiger charge is -2.06.